The van der Waals surface area contributed by atoms with Crippen molar-refractivity contribution in [2.24, 2.45) is 5.92 Å². The lowest BCUT2D eigenvalue weighted by molar-refractivity contribution is 0.528. The van der Waals surface area contributed by atoms with E-state index in [9.17, 15) is 4.39 Å². The van der Waals surface area contributed by atoms with Crippen LogP contribution in [0.3, 0.4) is 0 Å². The molecule has 0 amide bonds. The van der Waals surface area contributed by atoms with Crippen LogP contribution in [0.1, 0.15) is 37.3 Å². The number of rotatable bonds is 4. The van der Waals surface area contributed by atoms with E-state index >= 15 is 0 Å². The van der Waals surface area contributed by atoms with Gasteiger partial charge in [-0.25, -0.2) is 4.39 Å². The molecule has 1 rings (SSSR count). The number of aryl methyl sites for hydroxylation is 1. The summed E-state index contributed by atoms with van der Waals surface area (Å²) in [5.41, 5.74) is 1.97. The SMILES string of the molecule is Cc1cc(C(CBr)CC(C)C)ccc1F. The quantitative estimate of drug-likeness (QED) is 0.700. The smallest absolute Gasteiger partial charge is 0.126 e. The molecule has 0 aliphatic rings. The summed E-state index contributed by atoms with van der Waals surface area (Å²) < 4.78 is 13.1. The fraction of sp³-hybridized carbons (Fsp3) is 0.538. The molecule has 84 valence electrons. The Kier molecular flexibility index (Phi) is 4.78. The van der Waals surface area contributed by atoms with Crippen molar-refractivity contribution in [1.82, 2.24) is 0 Å². The van der Waals surface area contributed by atoms with Crippen molar-refractivity contribution in [3.63, 3.8) is 0 Å². The molecule has 1 aromatic rings. The van der Waals surface area contributed by atoms with Gasteiger partial charge in [0.05, 0.1) is 0 Å². The second kappa shape index (κ2) is 5.64. The van der Waals surface area contributed by atoms with Gasteiger partial charge in [-0.05, 0) is 42.4 Å². The second-order valence-corrected chi connectivity index (χ2v) is 5.14. The lowest BCUT2D eigenvalue weighted by Gasteiger charge is -2.17. The predicted octanol–water partition coefficient (Wildman–Crippen LogP) is 4.66. The van der Waals surface area contributed by atoms with Crippen LogP contribution in [0.2, 0.25) is 0 Å². The topological polar surface area (TPSA) is 0 Å². The number of benzene rings is 1. The van der Waals surface area contributed by atoms with E-state index < -0.39 is 0 Å². The minimum absolute atomic E-state index is 0.114. The molecule has 0 N–H and O–H groups in total. The van der Waals surface area contributed by atoms with E-state index in [1.165, 1.54) is 5.56 Å². The van der Waals surface area contributed by atoms with Crippen LogP contribution in [0, 0.1) is 18.7 Å². The second-order valence-electron chi connectivity index (χ2n) is 4.49. The van der Waals surface area contributed by atoms with E-state index in [2.05, 4.69) is 29.8 Å². The summed E-state index contributed by atoms with van der Waals surface area (Å²) in [6.07, 6.45) is 1.14. The van der Waals surface area contributed by atoms with Gasteiger partial charge in [0.1, 0.15) is 5.82 Å². The van der Waals surface area contributed by atoms with E-state index in [1.54, 1.807) is 6.07 Å². The molecule has 0 saturated heterocycles. The molecule has 0 heterocycles. The largest absolute Gasteiger partial charge is 0.207 e. The van der Waals surface area contributed by atoms with Crippen molar-refractivity contribution < 1.29 is 4.39 Å². The van der Waals surface area contributed by atoms with Crippen LogP contribution in [0.5, 0.6) is 0 Å². The minimum atomic E-state index is -0.114. The molecule has 1 atom stereocenters. The van der Waals surface area contributed by atoms with Crippen molar-refractivity contribution in [3.8, 4) is 0 Å². The molecule has 1 unspecified atom stereocenters. The van der Waals surface area contributed by atoms with E-state index in [0.29, 0.717) is 11.8 Å². The third kappa shape index (κ3) is 3.60. The van der Waals surface area contributed by atoms with Crippen molar-refractivity contribution >= 4 is 15.9 Å². The molecular weight excluding hydrogens is 255 g/mol. The van der Waals surface area contributed by atoms with Crippen LogP contribution in [0.25, 0.3) is 0 Å². The zero-order valence-corrected chi connectivity index (χ0v) is 11.1. The zero-order chi connectivity index (χ0) is 11.4. The van der Waals surface area contributed by atoms with Crippen LogP contribution in [0.15, 0.2) is 18.2 Å². The first-order valence-corrected chi connectivity index (χ1v) is 6.48. The van der Waals surface area contributed by atoms with Crippen LogP contribution in [-0.4, -0.2) is 5.33 Å². The van der Waals surface area contributed by atoms with Crippen molar-refractivity contribution in [1.29, 1.82) is 0 Å². The molecule has 0 nitrogen and oxygen atoms in total. The maximum absolute atomic E-state index is 13.1. The standard InChI is InChI=1S/C13H18BrF/c1-9(2)6-12(8-14)11-4-5-13(15)10(3)7-11/h4-5,7,9,12H,6,8H2,1-3H3. The summed E-state index contributed by atoms with van der Waals surface area (Å²) in [7, 11) is 0. The van der Waals surface area contributed by atoms with Gasteiger partial charge in [-0.15, -0.1) is 0 Å². The first kappa shape index (κ1) is 12.7. The van der Waals surface area contributed by atoms with Crippen LogP contribution >= 0.6 is 15.9 Å². The van der Waals surface area contributed by atoms with E-state index in [-0.39, 0.29) is 5.82 Å². The monoisotopic (exact) mass is 272 g/mol. The highest BCUT2D eigenvalue weighted by Gasteiger charge is 2.13. The molecule has 0 saturated carbocycles. The fourth-order valence-corrected chi connectivity index (χ4v) is 2.42. The molecule has 0 bridgehead atoms. The van der Waals surface area contributed by atoms with Crippen LogP contribution in [0.4, 0.5) is 4.39 Å². The van der Waals surface area contributed by atoms with Gasteiger partial charge in [0.25, 0.3) is 0 Å². The fourth-order valence-electron chi connectivity index (χ4n) is 1.78. The molecule has 1 aromatic carbocycles. The molecule has 0 fully saturated rings. The first-order valence-electron chi connectivity index (χ1n) is 5.36. The third-order valence-electron chi connectivity index (χ3n) is 2.60. The Balaban J connectivity index is 2.87. The average Bonchev–Trinajstić information content (AvgIpc) is 2.18. The molecule has 0 spiro atoms. The molecule has 0 aliphatic heterocycles. The highest BCUT2D eigenvalue weighted by molar-refractivity contribution is 9.09. The molecule has 0 aromatic heterocycles. The zero-order valence-electron chi connectivity index (χ0n) is 9.56. The normalized spacial score (nSPS) is 13.2. The van der Waals surface area contributed by atoms with E-state index in [1.807, 2.05) is 19.1 Å². The summed E-state index contributed by atoms with van der Waals surface area (Å²) in [6.45, 7) is 6.25. The summed E-state index contributed by atoms with van der Waals surface area (Å²) in [4.78, 5) is 0. The third-order valence-corrected chi connectivity index (χ3v) is 3.38. The van der Waals surface area contributed by atoms with Gasteiger partial charge in [-0.1, -0.05) is 41.9 Å². The Hall–Kier alpha value is -0.370. The lowest BCUT2D eigenvalue weighted by atomic mass is 9.91. The number of hydrogen-bond acceptors (Lipinski definition) is 0. The lowest BCUT2D eigenvalue weighted by Crippen LogP contribution is -2.05. The van der Waals surface area contributed by atoms with Gasteiger partial charge in [-0.2, -0.15) is 0 Å². The van der Waals surface area contributed by atoms with Gasteiger partial charge in [0.2, 0.25) is 0 Å². The number of alkyl halides is 1. The average molecular weight is 273 g/mol. The van der Waals surface area contributed by atoms with Gasteiger partial charge in [0, 0.05) is 5.33 Å². The highest BCUT2D eigenvalue weighted by Crippen LogP contribution is 2.26. The summed E-state index contributed by atoms with van der Waals surface area (Å²) >= 11 is 3.53. The van der Waals surface area contributed by atoms with Crippen molar-refractivity contribution in [3.05, 3.63) is 35.1 Å². The number of hydrogen-bond donors (Lipinski definition) is 0. The van der Waals surface area contributed by atoms with Crippen LogP contribution < -0.4 is 0 Å². The molecule has 0 aliphatic carbocycles. The Morgan fingerprint density at radius 1 is 1.33 bits per heavy atom. The number of halogens is 2. The Bertz CT molecular complexity index is 320. The summed E-state index contributed by atoms with van der Waals surface area (Å²) in [5.74, 6) is 1.04. The Labute approximate surface area is 100 Å². The summed E-state index contributed by atoms with van der Waals surface area (Å²) in [6, 6.07) is 5.43. The van der Waals surface area contributed by atoms with E-state index in [4.69, 9.17) is 0 Å². The predicted molar refractivity (Wildman–Crippen MR) is 67.1 cm³/mol. The van der Waals surface area contributed by atoms with Gasteiger partial charge >= 0.3 is 0 Å². The summed E-state index contributed by atoms with van der Waals surface area (Å²) in [5, 5.41) is 0.941. The maximum Gasteiger partial charge on any atom is 0.126 e. The maximum atomic E-state index is 13.1. The molecule has 0 radical (unpaired) electrons. The van der Waals surface area contributed by atoms with Crippen molar-refractivity contribution in [2.45, 2.75) is 33.1 Å². The Morgan fingerprint density at radius 3 is 2.47 bits per heavy atom. The minimum Gasteiger partial charge on any atom is -0.207 e. The molecular formula is C13H18BrF. The first-order chi connectivity index (χ1) is 7.04. The van der Waals surface area contributed by atoms with Crippen molar-refractivity contribution in [2.75, 3.05) is 5.33 Å². The highest BCUT2D eigenvalue weighted by atomic mass is 79.9. The van der Waals surface area contributed by atoms with E-state index in [0.717, 1.165) is 17.3 Å². The Morgan fingerprint density at radius 2 is 2.00 bits per heavy atom. The van der Waals surface area contributed by atoms with Crippen LogP contribution in [-0.2, 0) is 0 Å². The molecule has 2 heteroatoms. The van der Waals surface area contributed by atoms with Gasteiger partial charge in [-0.3, -0.25) is 0 Å². The van der Waals surface area contributed by atoms with Gasteiger partial charge < -0.3 is 0 Å². The molecule has 15 heavy (non-hydrogen) atoms. The van der Waals surface area contributed by atoms with Gasteiger partial charge in [0.15, 0.2) is 0 Å².